The maximum absolute atomic E-state index is 13.1. The van der Waals surface area contributed by atoms with Crippen LogP contribution in [0.5, 0.6) is 0 Å². The normalized spacial score (nSPS) is 10.1. The van der Waals surface area contributed by atoms with Crippen LogP contribution in [0.2, 0.25) is 0 Å². The predicted molar refractivity (Wildman–Crippen MR) is 51.3 cm³/mol. The van der Waals surface area contributed by atoms with E-state index in [0.29, 0.717) is 6.07 Å². The molecule has 15 heavy (non-hydrogen) atoms. The van der Waals surface area contributed by atoms with Crippen LogP contribution >= 0.6 is 0 Å². The number of hydrogen-bond donors (Lipinski definition) is 2. The standard InChI is InChI=1S/C9H10F2N2O2/c1-15-4-8(14)13-9-6(11)2-5(10)3-7(9)12/h2-3H,4,12H2,1H3,(H,13,14). The number of nitrogens with one attached hydrogen (secondary N) is 1. The van der Waals surface area contributed by atoms with Gasteiger partial charge in [0.25, 0.3) is 0 Å². The van der Waals surface area contributed by atoms with Crippen molar-refractivity contribution in [3.63, 3.8) is 0 Å². The van der Waals surface area contributed by atoms with Crippen molar-refractivity contribution in [1.29, 1.82) is 0 Å². The largest absolute Gasteiger partial charge is 0.397 e. The lowest BCUT2D eigenvalue weighted by Crippen LogP contribution is -2.19. The molecular formula is C9H10F2N2O2. The molecular weight excluding hydrogens is 206 g/mol. The maximum Gasteiger partial charge on any atom is 0.250 e. The molecule has 1 aromatic carbocycles. The third kappa shape index (κ3) is 2.88. The lowest BCUT2D eigenvalue weighted by Gasteiger charge is -2.08. The van der Waals surface area contributed by atoms with Gasteiger partial charge in [0.2, 0.25) is 5.91 Å². The molecule has 0 atom stereocenters. The number of carbonyl (C=O) groups is 1. The molecule has 1 amide bonds. The fraction of sp³-hybridized carbons (Fsp3) is 0.222. The van der Waals surface area contributed by atoms with E-state index in [1.807, 2.05) is 0 Å². The van der Waals surface area contributed by atoms with Crippen molar-refractivity contribution in [3.8, 4) is 0 Å². The zero-order chi connectivity index (χ0) is 11.4. The van der Waals surface area contributed by atoms with Crippen molar-refractivity contribution in [2.24, 2.45) is 0 Å². The number of amides is 1. The van der Waals surface area contributed by atoms with E-state index >= 15 is 0 Å². The number of nitrogen functional groups attached to an aromatic ring is 1. The average Bonchev–Trinajstić information content (AvgIpc) is 2.11. The van der Waals surface area contributed by atoms with E-state index in [4.69, 9.17) is 5.73 Å². The van der Waals surface area contributed by atoms with Gasteiger partial charge in [-0.1, -0.05) is 0 Å². The molecule has 1 aromatic rings. The summed E-state index contributed by atoms with van der Waals surface area (Å²) < 4.78 is 30.3. The molecule has 0 spiro atoms. The van der Waals surface area contributed by atoms with Gasteiger partial charge in [0.05, 0.1) is 5.69 Å². The fourth-order valence-electron chi connectivity index (χ4n) is 1.03. The predicted octanol–water partition coefficient (Wildman–Crippen LogP) is 1.13. The zero-order valence-electron chi connectivity index (χ0n) is 8.01. The monoisotopic (exact) mass is 216 g/mol. The van der Waals surface area contributed by atoms with Crippen molar-refractivity contribution >= 4 is 17.3 Å². The first-order valence-electron chi connectivity index (χ1n) is 4.08. The minimum Gasteiger partial charge on any atom is -0.397 e. The Morgan fingerprint density at radius 2 is 2.20 bits per heavy atom. The van der Waals surface area contributed by atoms with E-state index in [0.717, 1.165) is 6.07 Å². The van der Waals surface area contributed by atoms with Gasteiger partial charge in [-0.15, -0.1) is 0 Å². The number of rotatable bonds is 3. The summed E-state index contributed by atoms with van der Waals surface area (Å²) in [7, 11) is 1.32. The number of carbonyl (C=O) groups excluding carboxylic acids is 1. The smallest absolute Gasteiger partial charge is 0.250 e. The molecule has 0 heterocycles. The highest BCUT2D eigenvalue weighted by Crippen LogP contribution is 2.23. The highest BCUT2D eigenvalue weighted by atomic mass is 19.1. The Bertz CT molecular complexity index is 359. The molecule has 3 N–H and O–H groups in total. The molecule has 4 nitrogen and oxygen atoms in total. The van der Waals surface area contributed by atoms with Crippen LogP contribution in [0, 0.1) is 11.6 Å². The van der Waals surface area contributed by atoms with E-state index < -0.39 is 17.5 Å². The Kier molecular flexibility index (Phi) is 3.56. The van der Waals surface area contributed by atoms with Gasteiger partial charge < -0.3 is 15.8 Å². The maximum atomic E-state index is 13.1. The minimum absolute atomic E-state index is 0.169. The van der Waals surface area contributed by atoms with Crippen LogP contribution in [0.15, 0.2) is 12.1 Å². The second-order valence-electron chi connectivity index (χ2n) is 2.83. The molecule has 6 heteroatoms. The lowest BCUT2D eigenvalue weighted by atomic mass is 10.2. The van der Waals surface area contributed by atoms with Gasteiger partial charge >= 0.3 is 0 Å². The second-order valence-corrected chi connectivity index (χ2v) is 2.83. The Balaban J connectivity index is 2.90. The van der Waals surface area contributed by atoms with Crippen molar-refractivity contribution in [2.45, 2.75) is 0 Å². The summed E-state index contributed by atoms with van der Waals surface area (Å²) in [6.07, 6.45) is 0. The van der Waals surface area contributed by atoms with Crippen LogP contribution in [0.1, 0.15) is 0 Å². The third-order valence-electron chi connectivity index (χ3n) is 1.63. The van der Waals surface area contributed by atoms with Crippen molar-refractivity contribution < 1.29 is 18.3 Å². The summed E-state index contributed by atoms with van der Waals surface area (Å²) in [5.74, 6) is -2.28. The van der Waals surface area contributed by atoms with Crippen LogP contribution < -0.4 is 11.1 Å². The van der Waals surface area contributed by atoms with Gasteiger partial charge in [-0.2, -0.15) is 0 Å². The number of hydrogen-bond acceptors (Lipinski definition) is 3. The highest BCUT2D eigenvalue weighted by Gasteiger charge is 2.11. The highest BCUT2D eigenvalue weighted by molar-refractivity contribution is 5.94. The summed E-state index contributed by atoms with van der Waals surface area (Å²) in [6.45, 7) is -0.226. The molecule has 0 aromatic heterocycles. The molecule has 1 rings (SSSR count). The average molecular weight is 216 g/mol. The van der Waals surface area contributed by atoms with Crippen molar-refractivity contribution in [3.05, 3.63) is 23.8 Å². The summed E-state index contributed by atoms with van der Waals surface area (Å²) in [6, 6.07) is 1.56. The van der Waals surface area contributed by atoms with E-state index in [-0.39, 0.29) is 18.0 Å². The number of benzene rings is 1. The lowest BCUT2D eigenvalue weighted by molar-refractivity contribution is -0.119. The Labute approximate surface area is 85.0 Å². The summed E-state index contributed by atoms with van der Waals surface area (Å²) in [4.78, 5) is 11.0. The van der Waals surface area contributed by atoms with Gasteiger partial charge in [-0.05, 0) is 6.07 Å². The molecule has 0 aliphatic rings. The Morgan fingerprint density at radius 1 is 1.53 bits per heavy atom. The number of methoxy groups -OCH3 is 1. The number of anilines is 2. The van der Waals surface area contributed by atoms with Gasteiger partial charge in [0.1, 0.15) is 18.1 Å². The van der Waals surface area contributed by atoms with Gasteiger partial charge in [0.15, 0.2) is 5.82 Å². The quantitative estimate of drug-likeness (QED) is 0.744. The molecule has 0 saturated heterocycles. The number of halogens is 2. The van der Waals surface area contributed by atoms with Crippen LogP contribution in [0.25, 0.3) is 0 Å². The van der Waals surface area contributed by atoms with Crippen molar-refractivity contribution in [2.75, 3.05) is 24.8 Å². The van der Waals surface area contributed by atoms with Crippen LogP contribution in [-0.2, 0) is 9.53 Å². The molecule has 0 aliphatic heterocycles. The zero-order valence-corrected chi connectivity index (χ0v) is 8.01. The molecule has 0 fully saturated rings. The topological polar surface area (TPSA) is 64.3 Å². The first-order chi connectivity index (χ1) is 7.04. The molecule has 0 radical (unpaired) electrons. The van der Waals surface area contributed by atoms with Crippen LogP contribution in [0.3, 0.4) is 0 Å². The Morgan fingerprint density at radius 3 is 2.73 bits per heavy atom. The summed E-state index contributed by atoms with van der Waals surface area (Å²) in [5.41, 5.74) is 4.92. The van der Waals surface area contributed by atoms with Gasteiger partial charge in [0, 0.05) is 13.2 Å². The minimum atomic E-state index is -0.919. The molecule has 82 valence electrons. The van der Waals surface area contributed by atoms with Crippen LogP contribution in [0.4, 0.5) is 20.2 Å². The van der Waals surface area contributed by atoms with E-state index in [1.54, 1.807) is 0 Å². The first kappa shape index (κ1) is 11.4. The van der Waals surface area contributed by atoms with Gasteiger partial charge in [-0.25, -0.2) is 8.78 Å². The van der Waals surface area contributed by atoms with Crippen LogP contribution in [-0.4, -0.2) is 19.6 Å². The summed E-state index contributed by atoms with van der Waals surface area (Å²) >= 11 is 0. The number of nitrogens with two attached hydrogens (primary N) is 1. The molecule has 0 unspecified atom stereocenters. The molecule has 0 aliphatic carbocycles. The van der Waals surface area contributed by atoms with E-state index in [1.165, 1.54) is 7.11 Å². The second kappa shape index (κ2) is 4.70. The fourth-order valence-corrected chi connectivity index (χ4v) is 1.03. The number of ether oxygens (including phenoxy) is 1. The van der Waals surface area contributed by atoms with E-state index in [9.17, 15) is 13.6 Å². The Hall–Kier alpha value is -1.69. The molecule has 0 bridgehead atoms. The SMILES string of the molecule is COCC(=O)Nc1c(N)cc(F)cc1F. The van der Waals surface area contributed by atoms with Gasteiger partial charge in [-0.3, -0.25) is 4.79 Å². The molecule has 0 saturated carbocycles. The summed E-state index contributed by atoms with van der Waals surface area (Å²) in [5, 5.41) is 2.18. The first-order valence-corrected chi connectivity index (χ1v) is 4.08. The van der Waals surface area contributed by atoms with Crippen molar-refractivity contribution in [1.82, 2.24) is 0 Å². The van der Waals surface area contributed by atoms with E-state index in [2.05, 4.69) is 10.1 Å². The third-order valence-corrected chi connectivity index (χ3v) is 1.63.